The quantitative estimate of drug-likeness (QED) is 0.250. The molecule has 1 unspecified atom stereocenters. The predicted molar refractivity (Wildman–Crippen MR) is 123 cm³/mol. The van der Waals surface area contributed by atoms with Gasteiger partial charge in [0.2, 0.25) is 11.7 Å². The van der Waals surface area contributed by atoms with E-state index in [2.05, 4.69) is 32.7 Å². The van der Waals surface area contributed by atoms with Gasteiger partial charge in [-0.25, -0.2) is 4.99 Å². The van der Waals surface area contributed by atoms with Crippen molar-refractivity contribution < 1.29 is 9.63 Å². The van der Waals surface area contributed by atoms with Gasteiger partial charge in [-0.15, -0.1) is 24.0 Å². The Labute approximate surface area is 188 Å². The van der Waals surface area contributed by atoms with Gasteiger partial charge in [-0.05, 0) is 37.8 Å². The van der Waals surface area contributed by atoms with Gasteiger partial charge >= 0.3 is 0 Å². The summed E-state index contributed by atoms with van der Waals surface area (Å²) >= 11 is 6.00. The van der Waals surface area contributed by atoms with E-state index in [1.54, 1.807) is 12.1 Å². The summed E-state index contributed by atoms with van der Waals surface area (Å²) in [6, 6.07) is 7.32. The predicted octanol–water partition coefficient (Wildman–Crippen LogP) is 3.86. The first-order chi connectivity index (χ1) is 13.2. The average molecular weight is 522 g/mol. The molecule has 0 radical (unpaired) electrons. The number of halogens is 2. The molecule has 0 bridgehead atoms. The highest BCUT2D eigenvalue weighted by Crippen LogP contribution is 2.20. The number of aromatic nitrogens is 2. The van der Waals surface area contributed by atoms with Crippen molar-refractivity contribution in [2.45, 2.75) is 39.7 Å². The molecule has 0 aliphatic carbocycles. The first-order valence-electron chi connectivity index (χ1n) is 9.37. The van der Waals surface area contributed by atoms with Gasteiger partial charge < -0.3 is 20.3 Å². The highest BCUT2D eigenvalue weighted by atomic mass is 127. The van der Waals surface area contributed by atoms with Crippen molar-refractivity contribution in [1.82, 2.24) is 20.8 Å². The Kier molecular flexibility index (Phi) is 12.1. The van der Waals surface area contributed by atoms with E-state index in [-0.39, 0.29) is 37.1 Å². The van der Waals surface area contributed by atoms with E-state index in [0.29, 0.717) is 28.6 Å². The second-order valence-corrected chi connectivity index (χ2v) is 6.70. The number of nitrogens with one attached hydrogen (secondary N) is 2. The molecule has 0 aliphatic rings. The van der Waals surface area contributed by atoms with Gasteiger partial charge in [-0.2, -0.15) is 4.98 Å². The van der Waals surface area contributed by atoms with Crippen LogP contribution in [0.2, 0.25) is 5.02 Å². The third-order valence-corrected chi connectivity index (χ3v) is 4.30. The molecule has 1 aromatic heterocycles. The highest BCUT2D eigenvalue weighted by molar-refractivity contribution is 14.0. The third-order valence-electron chi connectivity index (χ3n) is 4.06. The zero-order valence-corrected chi connectivity index (χ0v) is 19.4. The van der Waals surface area contributed by atoms with Crippen molar-refractivity contribution in [3.8, 4) is 11.4 Å². The van der Waals surface area contributed by atoms with E-state index in [4.69, 9.17) is 16.1 Å². The Bertz CT molecular complexity index is 720. The van der Waals surface area contributed by atoms with Crippen molar-refractivity contribution >= 4 is 41.5 Å². The van der Waals surface area contributed by atoms with Gasteiger partial charge in [0.1, 0.15) is 6.54 Å². The maximum absolute atomic E-state index is 9.19. The van der Waals surface area contributed by atoms with Crippen LogP contribution in [0.3, 0.4) is 0 Å². The zero-order chi connectivity index (χ0) is 19.5. The van der Waals surface area contributed by atoms with E-state index in [1.165, 1.54) is 0 Å². The number of benzene rings is 1. The summed E-state index contributed by atoms with van der Waals surface area (Å²) in [6.45, 7) is 6.16. The topological polar surface area (TPSA) is 95.6 Å². The lowest BCUT2D eigenvalue weighted by molar-refractivity contribution is 0.251. The van der Waals surface area contributed by atoms with E-state index in [1.807, 2.05) is 19.1 Å². The van der Waals surface area contributed by atoms with Gasteiger partial charge in [-0.3, -0.25) is 0 Å². The molecule has 0 spiro atoms. The minimum absolute atomic E-state index is 0. The van der Waals surface area contributed by atoms with Crippen LogP contribution in [0.5, 0.6) is 0 Å². The molecule has 1 aromatic carbocycles. The van der Waals surface area contributed by atoms with Gasteiger partial charge in [-0.1, -0.05) is 42.2 Å². The lowest BCUT2D eigenvalue weighted by Gasteiger charge is -2.18. The molecule has 28 heavy (non-hydrogen) atoms. The molecule has 0 saturated heterocycles. The second-order valence-electron chi connectivity index (χ2n) is 6.27. The number of hydrogen-bond acceptors (Lipinski definition) is 5. The van der Waals surface area contributed by atoms with E-state index >= 15 is 0 Å². The molecule has 0 fully saturated rings. The summed E-state index contributed by atoms with van der Waals surface area (Å²) in [6.07, 6.45) is 2.95. The van der Waals surface area contributed by atoms with Crippen molar-refractivity contribution in [2.24, 2.45) is 10.9 Å². The minimum Gasteiger partial charge on any atom is -0.396 e. The molecule has 1 heterocycles. The Morgan fingerprint density at radius 2 is 2.11 bits per heavy atom. The fraction of sp³-hybridized carbons (Fsp3) is 0.526. The minimum atomic E-state index is 0. The maximum atomic E-state index is 9.19. The molecule has 3 N–H and O–H groups in total. The number of hydrogen-bond donors (Lipinski definition) is 3. The number of rotatable bonds is 10. The van der Waals surface area contributed by atoms with Crippen LogP contribution in [-0.4, -0.2) is 40.9 Å². The highest BCUT2D eigenvalue weighted by Gasteiger charge is 2.11. The smallest absolute Gasteiger partial charge is 0.248 e. The van der Waals surface area contributed by atoms with E-state index in [9.17, 15) is 5.11 Å². The Balaban J connectivity index is 0.00000392. The van der Waals surface area contributed by atoms with Crippen LogP contribution in [0.1, 0.15) is 39.0 Å². The molecule has 0 amide bonds. The summed E-state index contributed by atoms with van der Waals surface area (Å²) in [5, 5.41) is 20.3. The molecular weight excluding hydrogens is 493 g/mol. The average Bonchev–Trinajstić information content (AvgIpc) is 3.13. The summed E-state index contributed by atoms with van der Waals surface area (Å²) in [5.74, 6) is 2.04. The maximum Gasteiger partial charge on any atom is 0.248 e. The Morgan fingerprint density at radius 1 is 1.29 bits per heavy atom. The van der Waals surface area contributed by atoms with Gasteiger partial charge in [0, 0.05) is 30.3 Å². The van der Waals surface area contributed by atoms with Crippen LogP contribution in [0.15, 0.2) is 33.8 Å². The number of guanidine groups is 1. The molecule has 0 aliphatic heterocycles. The monoisotopic (exact) mass is 521 g/mol. The van der Waals surface area contributed by atoms with Crippen molar-refractivity contribution in [2.75, 3.05) is 19.7 Å². The molecule has 2 rings (SSSR count). The third kappa shape index (κ3) is 8.32. The number of aliphatic imine (C=N–C) groups is 1. The molecule has 156 valence electrons. The van der Waals surface area contributed by atoms with Gasteiger partial charge in [0.05, 0.1) is 0 Å². The fourth-order valence-corrected chi connectivity index (χ4v) is 2.92. The van der Waals surface area contributed by atoms with E-state index < -0.39 is 0 Å². The standard InChI is InChI=1S/C19H28ClN5O2.HI/c1-3-6-14(9-10-26)12-22-19(21-4-2)23-13-17-24-18(25-27-17)15-7-5-8-16(20)11-15;/h5,7-8,11,14,26H,3-4,6,9-10,12-13H2,1-2H3,(H2,21,22,23);1H. The van der Waals surface area contributed by atoms with Crippen molar-refractivity contribution in [3.05, 3.63) is 35.2 Å². The Morgan fingerprint density at radius 3 is 2.79 bits per heavy atom. The normalized spacial score (nSPS) is 12.4. The molecule has 7 nitrogen and oxygen atoms in total. The van der Waals surface area contributed by atoms with Crippen LogP contribution in [0.4, 0.5) is 0 Å². The largest absolute Gasteiger partial charge is 0.396 e. The number of aliphatic hydroxyl groups is 1. The molecular formula is C19H29ClIN5O2. The van der Waals surface area contributed by atoms with Crippen LogP contribution >= 0.6 is 35.6 Å². The second kappa shape index (κ2) is 13.7. The summed E-state index contributed by atoms with van der Waals surface area (Å²) < 4.78 is 5.29. The SMILES string of the molecule is CCCC(CCO)CNC(=NCc1nc(-c2cccc(Cl)c2)no1)NCC.I. The van der Waals surface area contributed by atoms with Crippen LogP contribution < -0.4 is 10.6 Å². The fourth-order valence-electron chi connectivity index (χ4n) is 2.73. The van der Waals surface area contributed by atoms with Gasteiger partial charge in [0.25, 0.3) is 0 Å². The Hall–Kier alpha value is -1.39. The molecule has 0 saturated carbocycles. The van der Waals surface area contributed by atoms with Crippen molar-refractivity contribution in [3.63, 3.8) is 0 Å². The van der Waals surface area contributed by atoms with Crippen LogP contribution in [-0.2, 0) is 6.54 Å². The summed E-state index contributed by atoms with van der Waals surface area (Å²) in [4.78, 5) is 8.89. The summed E-state index contributed by atoms with van der Waals surface area (Å²) in [7, 11) is 0. The molecule has 9 heteroatoms. The lowest BCUT2D eigenvalue weighted by atomic mass is 10.0. The first kappa shape index (κ1) is 24.6. The summed E-state index contributed by atoms with van der Waals surface area (Å²) in [5.41, 5.74) is 0.804. The van der Waals surface area contributed by atoms with Crippen LogP contribution in [0, 0.1) is 5.92 Å². The van der Waals surface area contributed by atoms with Gasteiger partial charge in [0.15, 0.2) is 5.96 Å². The molecule has 1 atom stereocenters. The number of nitrogens with zero attached hydrogens (tertiary/aromatic N) is 3. The lowest BCUT2D eigenvalue weighted by Crippen LogP contribution is -2.40. The van der Waals surface area contributed by atoms with E-state index in [0.717, 1.165) is 37.9 Å². The first-order valence-corrected chi connectivity index (χ1v) is 9.75. The van der Waals surface area contributed by atoms with Crippen LogP contribution in [0.25, 0.3) is 11.4 Å². The number of aliphatic hydroxyl groups excluding tert-OH is 1. The molecule has 2 aromatic rings. The van der Waals surface area contributed by atoms with Crippen molar-refractivity contribution in [1.29, 1.82) is 0 Å². The zero-order valence-electron chi connectivity index (χ0n) is 16.3.